The molecule has 0 aliphatic carbocycles. The van der Waals surface area contributed by atoms with Crippen molar-refractivity contribution in [2.24, 2.45) is 0 Å². The molecule has 3 aromatic rings. The first-order valence-corrected chi connectivity index (χ1v) is 12.0. The number of carbonyl (C=O) groups excluding carboxylic acids is 2. The first kappa shape index (κ1) is 23.8. The van der Waals surface area contributed by atoms with Crippen molar-refractivity contribution < 1.29 is 32.9 Å². The minimum Gasteiger partial charge on any atom is -0.459 e. The van der Waals surface area contributed by atoms with Gasteiger partial charge in [-0.3, -0.25) is 19.0 Å². The smallest absolute Gasteiger partial charge is 0.459 e. The van der Waals surface area contributed by atoms with Crippen molar-refractivity contribution in [3.63, 3.8) is 0 Å². The molecule has 10 nitrogen and oxygen atoms in total. The molecular weight excluding hydrogens is 461 g/mol. The number of aryl methyl sites for hydroxylation is 2. The first-order valence-electron chi connectivity index (χ1n) is 10.5. The van der Waals surface area contributed by atoms with Crippen LogP contribution in [-0.4, -0.2) is 45.3 Å². The molecule has 0 saturated carbocycles. The van der Waals surface area contributed by atoms with Crippen molar-refractivity contribution in [1.82, 2.24) is 9.88 Å². The van der Waals surface area contributed by atoms with Gasteiger partial charge in [0.25, 0.3) is 0 Å². The van der Waals surface area contributed by atoms with E-state index in [0.29, 0.717) is 18.5 Å². The Balaban J connectivity index is 1.45. The van der Waals surface area contributed by atoms with Gasteiger partial charge in [0.1, 0.15) is 23.9 Å². The molecule has 1 aromatic carbocycles. The molecule has 0 radical (unpaired) electrons. The van der Waals surface area contributed by atoms with Gasteiger partial charge in [-0.15, -0.1) is 0 Å². The van der Waals surface area contributed by atoms with Crippen molar-refractivity contribution in [3.8, 4) is 0 Å². The predicted octanol–water partition coefficient (Wildman–Crippen LogP) is 3.15. The molecule has 0 bridgehead atoms. The molecule has 0 fully saturated rings. The van der Waals surface area contributed by atoms with E-state index in [1.165, 1.54) is 12.3 Å². The fourth-order valence-electron chi connectivity index (χ4n) is 3.76. The number of rotatable bonds is 7. The lowest BCUT2D eigenvalue weighted by Crippen LogP contribution is -2.37. The lowest BCUT2D eigenvalue weighted by Gasteiger charge is -2.28. The highest BCUT2D eigenvalue weighted by Gasteiger charge is 2.28. The summed E-state index contributed by atoms with van der Waals surface area (Å²) in [6.45, 7) is 1.69. The summed E-state index contributed by atoms with van der Waals surface area (Å²) in [4.78, 5) is 49.5. The second kappa shape index (κ2) is 9.52. The largest absolute Gasteiger partial charge is 0.471 e. The molecule has 11 heteroatoms. The van der Waals surface area contributed by atoms with Gasteiger partial charge >= 0.3 is 7.82 Å². The Hall–Kier alpha value is -3.30. The fourth-order valence-corrected chi connectivity index (χ4v) is 4.03. The normalized spacial score (nSPS) is 14.1. The Morgan fingerprint density at radius 3 is 2.82 bits per heavy atom. The molecule has 2 aromatic heterocycles. The third kappa shape index (κ3) is 5.26. The molecule has 4 rings (SSSR count). The van der Waals surface area contributed by atoms with Crippen molar-refractivity contribution in [2.45, 2.75) is 26.3 Å². The number of anilines is 1. The molecular formula is C23H24N3O7P. The number of likely N-dealkylation sites (N-methyl/N-ethyl adjacent to an activating group) is 1. The number of aromatic nitrogens is 1. The van der Waals surface area contributed by atoms with E-state index in [1.807, 2.05) is 31.2 Å². The van der Waals surface area contributed by atoms with Crippen LogP contribution in [0.15, 0.2) is 47.0 Å². The zero-order chi connectivity index (χ0) is 24.5. The number of hydrogen-bond donors (Lipinski definition) is 2. The standard InChI is InChI=1S/C23H24N3O7P/c1-15-18-5-3-4-6-19(18)33-20(15)13-25(2)21(27)9-7-16-11-17-8-10-22(28)26(23(17)24-12-16)14-32-34(29,30)31/h3-7,9,11-12H,8,10,13-14H2,1-2H3,(H2,29,30,31)/b9-7+. The third-order valence-electron chi connectivity index (χ3n) is 5.60. The van der Waals surface area contributed by atoms with Gasteiger partial charge in [0.2, 0.25) is 11.8 Å². The van der Waals surface area contributed by atoms with Crippen LogP contribution in [-0.2, 0) is 31.6 Å². The zero-order valence-electron chi connectivity index (χ0n) is 18.7. The fraction of sp³-hybridized carbons (Fsp3) is 0.261. The topological polar surface area (TPSA) is 133 Å². The molecule has 1 aliphatic rings. The van der Waals surface area contributed by atoms with Crippen molar-refractivity contribution in [1.29, 1.82) is 0 Å². The molecule has 0 atom stereocenters. The Bertz CT molecular complexity index is 1330. The highest BCUT2D eigenvalue weighted by Crippen LogP contribution is 2.37. The van der Waals surface area contributed by atoms with Gasteiger partial charge in [-0.25, -0.2) is 9.55 Å². The maximum absolute atomic E-state index is 12.6. The molecule has 0 spiro atoms. The number of nitrogens with zero attached hydrogens (tertiary/aromatic N) is 3. The summed E-state index contributed by atoms with van der Waals surface area (Å²) < 4.78 is 21.3. The summed E-state index contributed by atoms with van der Waals surface area (Å²) in [6.07, 6.45) is 5.13. The number of benzene rings is 1. The number of phosphoric ester groups is 1. The average molecular weight is 485 g/mol. The molecule has 34 heavy (non-hydrogen) atoms. The summed E-state index contributed by atoms with van der Waals surface area (Å²) in [6, 6.07) is 9.50. The summed E-state index contributed by atoms with van der Waals surface area (Å²) in [5.41, 5.74) is 3.16. The van der Waals surface area contributed by atoms with Crippen LogP contribution in [0.3, 0.4) is 0 Å². The maximum atomic E-state index is 12.6. The quantitative estimate of drug-likeness (QED) is 0.385. The van der Waals surface area contributed by atoms with Crippen LogP contribution in [0.1, 0.15) is 28.9 Å². The number of phosphoric acid groups is 1. The minimum absolute atomic E-state index is 0.158. The van der Waals surface area contributed by atoms with Gasteiger partial charge in [0.05, 0.1) is 6.54 Å². The molecule has 1 aliphatic heterocycles. The zero-order valence-corrected chi connectivity index (χ0v) is 19.6. The second-order valence-electron chi connectivity index (χ2n) is 8.00. The second-order valence-corrected chi connectivity index (χ2v) is 9.24. The third-order valence-corrected chi connectivity index (χ3v) is 6.05. The van der Waals surface area contributed by atoms with Gasteiger partial charge in [0.15, 0.2) is 0 Å². The first-order chi connectivity index (χ1) is 16.1. The predicted molar refractivity (Wildman–Crippen MR) is 124 cm³/mol. The van der Waals surface area contributed by atoms with E-state index in [9.17, 15) is 14.2 Å². The Morgan fingerprint density at radius 1 is 1.32 bits per heavy atom. The van der Waals surface area contributed by atoms with E-state index in [-0.39, 0.29) is 24.1 Å². The lowest BCUT2D eigenvalue weighted by molar-refractivity contribution is -0.125. The summed E-state index contributed by atoms with van der Waals surface area (Å²) in [5.74, 6) is 0.452. The number of pyridine rings is 1. The average Bonchev–Trinajstić information content (AvgIpc) is 3.11. The van der Waals surface area contributed by atoms with Crippen molar-refractivity contribution in [2.75, 3.05) is 18.7 Å². The number of fused-ring (bicyclic) bond motifs is 2. The molecule has 3 heterocycles. The SMILES string of the molecule is Cc1c(CN(C)C(=O)/C=C/c2cnc3c(c2)CCC(=O)N3COP(=O)(O)O)oc2ccccc12. The summed E-state index contributed by atoms with van der Waals surface area (Å²) in [5, 5.41) is 1.02. The highest BCUT2D eigenvalue weighted by molar-refractivity contribution is 7.46. The monoisotopic (exact) mass is 485 g/mol. The number of furan rings is 1. The Morgan fingerprint density at radius 2 is 2.09 bits per heavy atom. The maximum Gasteiger partial charge on any atom is 0.471 e. The van der Waals surface area contributed by atoms with Crippen LogP contribution >= 0.6 is 7.82 Å². The number of amides is 2. The van der Waals surface area contributed by atoms with E-state index in [1.54, 1.807) is 24.1 Å². The van der Waals surface area contributed by atoms with Crippen molar-refractivity contribution in [3.05, 3.63) is 65.1 Å². The van der Waals surface area contributed by atoms with Crippen LogP contribution in [0.25, 0.3) is 17.0 Å². The van der Waals surface area contributed by atoms with Gasteiger partial charge in [-0.2, -0.15) is 0 Å². The summed E-state index contributed by atoms with van der Waals surface area (Å²) in [7, 11) is -3.04. The number of carbonyl (C=O) groups is 2. The van der Waals surface area contributed by atoms with Crippen LogP contribution < -0.4 is 4.90 Å². The van der Waals surface area contributed by atoms with Gasteiger partial charge in [-0.05, 0) is 42.7 Å². The van der Waals surface area contributed by atoms with Crippen molar-refractivity contribution >= 4 is 42.5 Å². The van der Waals surface area contributed by atoms with Gasteiger partial charge in [0, 0.05) is 36.7 Å². The Labute approximate surface area is 195 Å². The molecule has 0 saturated heterocycles. The van der Waals surface area contributed by atoms with E-state index in [2.05, 4.69) is 9.51 Å². The van der Waals surface area contributed by atoms with E-state index < -0.39 is 14.6 Å². The van der Waals surface area contributed by atoms with Crippen LogP contribution in [0.4, 0.5) is 5.82 Å². The van der Waals surface area contributed by atoms with Gasteiger partial charge in [-0.1, -0.05) is 18.2 Å². The minimum atomic E-state index is -4.73. The van der Waals surface area contributed by atoms with Crippen LogP contribution in [0, 0.1) is 6.92 Å². The lowest BCUT2D eigenvalue weighted by atomic mass is 10.0. The van der Waals surface area contributed by atoms with Gasteiger partial charge < -0.3 is 19.1 Å². The molecule has 2 N–H and O–H groups in total. The number of hydrogen-bond acceptors (Lipinski definition) is 6. The molecule has 0 unspecified atom stereocenters. The molecule has 2 amide bonds. The summed E-state index contributed by atoms with van der Waals surface area (Å²) >= 11 is 0. The van der Waals surface area contributed by atoms with Crippen LogP contribution in [0.2, 0.25) is 0 Å². The van der Waals surface area contributed by atoms with Crippen LogP contribution in [0.5, 0.6) is 0 Å². The Kier molecular flexibility index (Phi) is 6.67. The molecule has 178 valence electrons. The van der Waals surface area contributed by atoms with E-state index in [0.717, 1.165) is 32.8 Å². The van der Waals surface area contributed by atoms with E-state index >= 15 is 0 Å². The highest BCUT2D eigenvalue weighted by atomic mass is 31.2. The number of para-hydroxylation sites is 1. The van der Waals surface area contributed by atoms with E-state index in [4.69, 9.17) is 14.2 Å².